The van der Waals surface area contributed by atoms with Gasteiger partial charge in [-0.2, -0.15) is 0 Å². The third kappa shape index (κ3) is 3.39. The van der Waals surface area contributed by atoms with Crippen LogP contribution in [0.3, 0.4) is 0 Å². The molecule has 1 N–H and O–H groups in total. The van der Waals surface area contributed by atoms with Gasteiger partial charge in [-0.3, -0.25) is 14.5 Å². The number of aromatic nitrogens is 4. The van der Waals surface area contributed by atoms with E-state index in [2.05, 4.69) is 15.0 Å². The van der Waals surface area contributed by atoms with E-state index in [0.29, 0.717) is 44.9 Å². The molecule has 1 aromatic carbocycles. The minimum Gasteiger partial charge on any atom is -0.480 e. The van der Waals surface area contributed by atoms with Crippen LogP contribution in [0, 0.1) is 6.92 Å². The van der Waals surface area contributed by atoms with E-state index in [1.54, 1.807) is 55.5 Å². The van der Waals surface area contributed by atoms with E-state index in [4.69, 9.17) is 16.3 Å². The Morgan fingerprint density at radius 3 is 2.61 bits per heavy atom. The zero-order valence-electron chi connectivity index (χ0n) is 18.2. The molecule has 1 aliphatic rings. The zero-order valence-corrected chi connectivity index (χ0v) is 18.9. The number of methoxy groups -OCH3 is 1. The summed E-state index contributed by atoms with van der Waals surface area (Å²) >= 11 is 6.12. The fraction of sp³-hybridized carbons (Fsp3) is 0.167. The number of ether oxygens (including phenoxy) is 1. The van der Waals surface area contributed by atoms with E-state index in [9.17, 15) is 9.59 Å². The van der Waals surface area contributed by atoms with Crippen molar-refractivity contribution in [2.45, 2.75) is 13.0 Å². The number of aromatic amines is 1. The van der Waals surface area contributed by atoms with E-state index in [0.717, 1.165) is 5.56 Å². The molecule has 8 nitrogen and oxygen atoms in total. The Labute approximate surface area is 194 Å². The molecule has 0 spiro atoms. The molecule has 5 rings (SSSR count). The number of hydrogen-bond acceptors (Lipinski definition) is 5. The minimum atomic E-state index is -0.481. The van der Waals surface area contributed by atoms with Crippen molar-refractivity contribution < 1.29 is 9.53 Å². The molecule has 166 valence electrons. The Morgan fingerprint density at radius 2 is 1.91 bits per heavy atom. The largest absolute Gasteiger partial charge is 0.480 e. The van der Waals surface area contributed by atoms with Gasteiger partial charge in [0.2, 0.25) is 5.88 Å². The molecule has 0 aliphatic carbocycles. The van der Waals surface area contributed by atoms with Crippen LogP contribution in [0.25, 0.3) is 11.4 Å². The highest BCUT2D eigenvalue weighted by atomic mass is 35.5. The predicted octanol–water partition coefficient (Wildman–Crippen LogP) is 3.89. The first-order valence-electron chi connectivity index (χ1n) is 10.2. The number of benzene rings is 1. The molecule has 0 saturated heterocycles. The van der Waals surface area contributed by atoms with Crippen LogP contribution >= 0.6 is 11.6 Å². The van der Waals surface area contributed by atoms with Crippen molar-refractivity contribution in [3.05, 3.63) is 92.7 Å². The van der Waals surface area contributed by atoms with Crippen LogP contribution in [0.4, 0.5) is 5.69 Å². The number of nitrogens with zero attached hydrogens (tertiary/aromatic N) is 4. The van der Waals surface area contributed by atoms with Crippen LogP contribution in [0.15, 0.2) is 59.7 Å². The normalized spacial score (nSPS) is 15.1. The summed E-state index contributed by atoms with van der Waals surface area (Å²) in [5, 5.41) is 0.596. The molecule has 3 aromatic heterocycles. The zero-order chi connectivity index (χ0) is 23.3. The van der Waals surface area contributed by atoms with Crippen molar-refractivity contribution in [2.75, 3.05) is 12.0 Å². The SMILES string of the molecule is COc1ncccc1-c1nc2c([nH]1)C(c1ccc(Cl)cc1)N(c1cc(C)c(=O)n(C)c1)C2=O. The number of imidazole rings is 1. The van der Waals surface area contributed by atoms with Crippen molar-refractivity contribution in [3.8, 4) is 17.3 Å². The summed E-state index contributed by atoms with van der Waals surface area (Å²) in [4.78, 5) is 39.7. The second-order valence-electron chi connectivity index (χ2n) is 7.83. The molecule has 1 aliphatic heterocycles. The number of pyridine rings is 2. The number of aryl methyl sites for hydroxylation is 2. The number of nitrogens with one attached hydrogen (secondary N) is 1. The van der Waals surface area contributed by atoms with Crippen molar-refractivity contribution in [3.63, 3.8) is 0 Å². The predicted molar refractivity (Wildman–Crippen MR) is 125 cm³/mol. The maximum atomic E-state index is 13.6. The number of amides is 1. The quantitative estimate of drug-likeness (QED) is 0.497. The van der Waals surface area contributed by atoms with Gasteiger partial charge in [0, 0.05) is 30.0 Å². The van der Waals surface area contributed by atoms with E-state index in [1.807, 2.05) is 18.2 Å². The molecule has 4 aromatic rings. The molecule has 1 unspecified atom stereocenters. The highest BCUT2D eigenvalue weighted by Gasteiger charge is 2.42. The van der Waals surface area contributed by atoms with Crippen LogP contribution in [-0.2, 0) is 7.05 Å². The second-order valence-corrected chi connectivity index (χ2v) is 8.27. The van der Waals surface area contributed by atoms with Crippen LogP contribution in [0.5, 0.6) is 5.88 Å². The highest BCUT2D eigenvalue weighted by Crippen LogP contribution is 2.42. The third-order valence-corrected chi connectivity index (χ3v) is 5.97. The Morgan fingerprint density at radius 1 is 1.15 bits per heavy atom. The maximum absolute atomic E-state index is 13.6. The van der Waals surface area contributed by atoms with Gasteiger partial charge in [0.15, 0.2) is 5.69 Å². The molecule has 0 bridgehead atoms. The smallest absolute Gasteiger partial charge is 0.279 e. The third-order valence-electron chi connectivity index (χ3n) is 5.72. The van der Waals surface area contributed by atoms with E-state index < -0.39 is 6.04 Å². The van der Waals surface area contributed by atoms with Gasteiger partial charge < -0.3 is 14.3 Å². The summed E-state index contributed by atoms with van der Waals surface area (Å²) in [7, 11) is 3.20. The number of fused-ring (bicyclic) bond motifs is 1. The lowest BCUT2D eigenvalue weighted by Gasteiger charge is -2.26. The Kier molecular flexibility index (Phi) is 5.02. The van der Waals surface area contributed by atoms with E-state index in [-0.39, 0.29) is 11.5 Å². The summed E-state index contributed by atoms with van der Waals surface area (Å²) in [6.07, 6.45) is 3.29. The van der Waals surface area contributed by atoms with Crippen LogP contribution in [0.2, 0.25) is 5.02 Å². The Hall–Kier alpha value is -3.91. The van der Waals surface area contributed by atoms with Gasteiger partial charge in [-0.15, -0.1) is 0 Å². The van der Waals surface area contributed by atoms with Crippen LogP contribution in [-0.4, -0.2) is 32.5 Å². The fourth-order valence-electron chi connectivity index (χ4n) is 4.18. The fourth-order valence-corrected chi connectivity index (χ4v) is 4.31. The van der Waals surface area contributed by atoms with Crippen molar-refractivity contribution >= 4 is 23.2 Å². The number of hydrogen-bond donors (Lipinski definition) is 1. The second kappa shape index (κ2) is 7.90. The van der Waals surface area contributed by atoms with Crippen LogP contribution in [0.1, 0.15) is 33.4 Å². The number of rotatable bonds is 4. The van der Waals surface area contributed by atoms with Gasteiger partial charge in [-0.1, -0.05) is 23.7 Å². The first-order chi connectivity index (χ1) is 15.9. The first-order valence-corrected chi connectivity index (χ1v) is 10.6. The molecular formula is C24H20ClN5O3. The van der Waals surface area contributed by atoms with E-state index in [1.165, 1.54) is 11.7 Å². The lowest BCUT2D eigenvalue weighted by Crippen LogP contribution is -2.31. The number of H-pyrrole nitrogens is 1. The molecule has 0 saturated carbocycles. The van der Waals surface area contributed by atoms with Gasteiger partial charge in [0.05, 0.1) is 24.1 Å². The average molecular weight is 462 g/mol. The molecule has 0 radical (unpaired) electrons. The van der Waals surface area contributed by atoms with Crippen LogP contribution < -0.4 is 15.2 Å². The minimum absolute atomic E-state index is 0.115. The molecular weight excluding hydrogens is 442 g/mol. The van der Waals surface area contributed by atoms with Gasteiger partial charge in [0.25, 0.3) is 11.5 Å². The summed E-state index contributed by atoms with van der Waals surface area (Å²) in [6.45, 7) is 1.73. The van der Waals surface area contributed by atoms with Gasteiger partial charge in [-0.05, 0) is 42.8 Å². The number of halogens is 1. The summed E-state index contributed by atoms with van der Waals surface area (Å²) in [6, 6.07) is 12.2. The lowest BCUT2D eigenvalue weighted by atomic mass is 10.0. The standard InChI is InChI=1S/C24H20ClN5O3/c1-13-11-16(12-29(2)23(13)31)30-20(14-6-8-15(25)9-7-14)18-19(24(30)32)28-21(27-18)17-5-4-10-26-22(17)33-3/h4-12,20H,1-3H3,(H,27,28). The van der Waals surface area contributed by atoms with Crippen molar-refractivity contribution in [1.29, 1.82) is 0 Å². The molecule has 1 amide bonds. The maximum Gasteiger partial charge on any atom is 0.279 e. The Bertz CT molecular complexity index is 1420. The van der Waals surface area contributed by atoms with E-state index >= 15 is 0 Å². The number of anilines is 1. The molecule has 1 atom stereocenters. The van der Waals surface area contributed by atoms with Gasteiger partial charge in [-0.25, -0.2) is 9.97 Å². The summed E-state index contributed by atoms with van der Waals surface area (Å²) < 4.78 is 6.84. The number of carbonyl (C=O) groups excluding carboxylic acids is 1. The topological polar surface area (TPSA) is 93.1 Å². The number of carbonyl (C=O) groups is 1. The van der Waals surface area contributed by atoms with Gasteiger partial charge in [0.1, 0.15) is 11.9 Å². The highest BCUT2D eigenvalue weighted by molar-refractivity contribution is 6.30. The Balaban J connectivity index is 1.69. The molecule has 9 heteroatoms. The summed E-state index contributed by atoms with van der Waals surface area (Å²) in [5.41, 5.74) is 3.49. The average Bonchev–Trinajstić information content (AvgIpc) is 3.36. The molecule has 33 heavy (non-hydrogen) atoms. The van der Waals surface area contributed by atoms with Crippen molar-refractivity contribution in [1.82, 2.24) is 19.5 Å². The molecule has 4 heterocycles. The lowest BCUT2D eigenvalue weighted by molar-refractivity contribution is 0.0989. The van der Waals surface area contributed by atoms with Crippen molar-refractivity contribution in [2.24, 2.45) is 7.05 Å². The monoisotopic (exact) mass is 461 g/mol. The molecule has 0 fully saturated rings. The first kappa shape index (κ1) is 21.0. The van der Waals surface area contributed by atoms with Gasteiger partial charge >= 0.3 is 0 Å². The summed E-state index contributed by atoms with van der Waals surface area (Å²) in [5.74, 6) is 0.632.